The maximum absolute atomic E-state index is 12.8. The van der Waals surface area contributed by atoms with Crippen LogP contribution in [0.5, 0.6) is 5.75 Å². The second kappa shape index (κ2) is 9.99. The number of benzene rings is 2. The molecule has 32 heavy (non-hydrogen) atoms. The maximum Gasteiger partial charge on any atom is 0.241 e. The Hall–Kier alpha value is -2.47. The van der Waals surface area contributed by atoms with E-state index in [4.69, 9.17) is 4.74 Å². The van der Waals surface area contributed by atoms with E-state index in [1.807, 2.05) is 0 Å². The van der Waals surface area contributed by atoms with Crippen LogP contribution in [0.4, 0.5) is 0 Å². The number of carbonyl (C=O) groups is 1. The van der Waals surface area contributed by atoms with Crippen molar-refractivity contribution in [3.63, 3.8) is 0 Å². The first-order valence-electron chi connectivity index (χ1n) is 10.1. The van der Waals surface area contributed by atoms with Crippen LogP contribution < -0.4 is 14.2 Å². The molecule has 0 saturated carbocycles. The monoisotopic (exact) mass is 481 g/mol. The van der Waals surface area contributed by atoms with Gasteiger partial charge < -0.3 is 9.64 Å². The minimum atomic E-state index is -3.88. The molecule has 2 aromatic rings. The SMILES string of the molecule is COc1ccc(S(=O)(=O)N[C@@H](C)C(=O)N2CCC(NS(=O)(=O)c3ccccc3)CC2)cc1. The fraction of sp³-hybridized carbons (Fsp3) is 0.381. The van der Waals surface area contributed by atoms with Crippen molar-refractivity contribution in [2.24, 2.45) is 0 Å². The van der Waals surface area contributed by atoms with E-state index < -0.39 is 26.1 Å². The molecular formula is C21H27N3O6S2. The predicted molar refractivity (Wildman–Crippen MR) is 119 cm³/mol. The van der Waals surface area contributed by atoms with Gasteiger partial charge in [0.1, 0.15) is 5.75 Å². The third-order valence-electron chi connectivity index (χ3n) is 5.25. The van der Waals surface area contributed by atoms with Crippen molar-refractivity contribution in [2.45, 2.75) is 41.6 Å². The van der Waals surface area contributed by atoms with Crippen LogP contribution in [0.25, 0.3) is 0 Å². The number of ether oxygens (including phenoxy) is 1. The number of hydrogen-bond acceptors (Lipinski definition) is 6. The van der Waals surface area contributed by atoms with Crippen LogP contribution in [0, 0.1) is 0 Å². The Balaban J connectivity index is 1.55. The van der Waals surface area contributed by atoms with Crippen molar-refractivity contribution < 1.29 is 26.4 Å². The molecule has 0 bridgehead atoms. The lowest BCUT2D eigenvalue weighted by Crippen LogP contribution is -2.52. The van der Waals surface area contributed by atoms with E-state index in [0.717, 1.165) is 0 Å². The molecule has 0 unspecified atom stereocenters. The first-order chi connectivity index (χ1) is 15.1. The summed E-state index contributed by atoms with van der Waals surface area (Å²) >= 11 is 0. The highest BCUT2D eigenvalue weighted by Gasteiger charge is 2.30. The molecule has 1 aliphatic rings. The molecule has 174 valence electrons. The standard InChI is InChI=1S/C21H27N3O6S2/c1-16(22-31(26,27)20-10-8-18(30-2)9-11-20)21(25)24-14-12-17(13-15-24)23-32(28,29)19-6-4-3-5-7-19/h3-11,16-17,22-23H,12-15H2,1-2H3/t16-/m0/s1. The number of piperidine rings is 1. The first-order valence-corrected chi connectivity index (χ1v) is 13.1. The molecule has 0 aliphatic carbocycles. The number of carbonyl (C=O) groups excluding carboxylic acids is 1. The van der Waals surface area contributed by atoms with Crippen molar-refractivity contribution in [1.29, 1.82) is 0 Å². The lowest BCUT2D eigenvalue weighted by atomic mass is 10.1. The number of nitrogens with one attached hydrogen (secondary N) is 2. The molecule has 1 fully saturated rings. The van der Waals surface area contributed by atoms with Crippen LogP contribution in [0.15, 0.2) is 64.4 Å². The molecule has 1 saturated heterocycles. The predicted octanol–water partition coefficient (Wildman–Crippen LogP) is 1.33. The molecular weight excluding hydrogens is 454 g/mol. The fourth-order valence-corrected chi connectivity index (χ4v) is 6.01. The van der Waals surface area contributed by atoms with Gasteiger partial charge in [-0.15, -0.1) is 0 Å². The molecule has 0 radical (unpaired) electrons. The van der Waals surface area contributed by atoms with Crippen molar-refractivity contribution in [1.82, 2.24) is 14.3 Å². The molecule has 1 amide bonds. The largest absolute Gasteiger partial charge is 0.497 e. The van der Waals surface area contributed by atoms with Crippen LogP contribution in [0.3, 0.4) is 0 Å². The zero-order chi connectivity index (χ0) is 23.4. The highest BCUT2D eigenvalue weighted by atomic mass is 32.2. The Morgan fingerprint density at radius 3 is 2.06 bits per heavy atom. The average Bonchev–Trinajstić information content (AvgIpc) is 2.79. The molecule has 3 rings (SSSR count). The molecule has 0 aromatic heterocycles. The molecule has 1 atom stereocenters. The topological polar surface area (TPSA) is 122 Å². The number of methoxy groups -OCH3 is 1. The number of sulfonamides is 2. The van der Waals surface area contributed by atoms with Gasteiger partial charge in [-0.2, -0.15) is 4.72 Å². The second-order valence-corrected chi connectivity index (χ2v) is 11.0. The van der Waals surface area contributed by atoms with E-state index in [-0.39, 0.29) is 21.7 Å². The Kier molecular flexibility index (Phi) is 7.55. The Labute approximate surface area is 188 Å². The molecule has 1 heterocycles. The van der Waals surface area contributed by atoms with Crippen molar-refractivity contribution in [2.75, 3.05) is 20.2 Å². The van der Waals surface area contributed by atoms with E-state index in [1.165, 1.54) is 50.4 Å². The molecule has 2 aromatic carbocycles. The number of rotatable bonds is 8. The van der Waals surface area contributed by atoms with Gasteiger partial charge in [-0.05, 0) is 56.2 Å². The van der Waals surface area contributed by atoms with Gasteiger partial charge in [-0.1, -0.05) is 18.2 Å². The van der Waals surface area contributed by atoms with Gasteiger partial charge in [0.25, 0.3) is 0 Å². The normalized spacial score (nSPS) is 16.5. The van der Waals surface area contributed by atoms with Crippen molar-refractivity contribution in [3.8, 4) is 5.75 Å². The second-order valence-electron chi connectivity index (χ2n) is 7.55. The summed E-state index contributed by atoms with van der Waals surface area (Å²) < 4.78 is 60.2. The number of hydrogen-bond donors (Lipinski definition) is 2. The molecule has 2 N–H and O–H groups in total. The minimum Gasteiger partial charge on any atom is -0.497 e. The lowest BCUT2D eigenvalue weighted by Gasteiger charge is -2.33. The smallest absolute Gasteiger partial charge is 0.241 e. The van der Waals surface area contributed by atoms with Crippen LogP contribution in [-0.2, 0) is 24.8 Å². The van der Waals surface area contributed by atoms with Crippen LogP contribution in [0.2, 0.25) is 0 Å². The molecule has 1 aliphatic heterocycles. The maximum atomic E-state index is 12.8. The summed E-state index contributed by atoms with van der Waals surface area (Å²) in [7, 11) is -6.02. The summed E-state index contributed by atoms with van der Waals surface area (Å²) in [5, 5.41) is 0. The summed E-state index contributed by atoms with van der Waals surface area (Å²) in [4.78, 5) is 14.5. The van der Waals surface area contributed by atoms with E-state index in [1.54, 1.807) is 23.1 Å². The Morgan fingerprint density at radius 2 is 1.50 bits per heavy atom. The summed E-state index contributed by atoms with van der Waals surface area (Å²) in [6, 6.07) is 12.7. The fourth-order valence-electron chi connectivity index (χ4n) is 3.48. The zero-order valence-corrected chi connectivity index (χ0v) is 19.5. The molecule has 0 spiro atoms. The minimum absolute atomic E-state index is 0.0342. The third-order valence-corrected chi connectivity index (χ3v) is 8.35. The van der Waals surface area contributed by atoms with Crippen LogP contribution in [-0.4, -0.2) is 59.9 Å². The zero-order valence-electron chi connectivity index (χ0n) is 17.9. The van der Waals surface area contributed by atoms with Crippen molar-refractivity contribution >= 4 is 26.0 Å². The van der Waals surface area contributed by atoms with Gasteiger partial charge in [0, 0.05) is 19.1 Å². The van der Waals surface area contributed by atoms with Gasteiger partial charge in [0.05, 0.1) is 22.9 Å². The van der Waals surface area contributed by atoms with Gasteiger partial charge in [0.15, 0.2) is 0 Å². The first kappa shape index (κ1) is 24.2. The highest BCUT2D eigenvalue weighted by molar-refractivity contribution is 7.89. The lowest BCUT2D eigenvalue weighted by molar-refractivity contribution is -0.133. The van der Waals surface area contributed by atoms with Gasteiger partial charge >= 0.3 is 0 Å². The van der Waals surface area contributed by atoms with Crippen LogP contribution >= 0.6 is 0 Å². The summed E-state index contributed by atoms with van der Waals surface area (Å²) in [5.41, 5.74) is 0. The Morgan fingerprint density at radius 1 is 0.938 bits per heavy atom. The number of likely N-dealkylation sites (tertiary alicyclic amines) is 1. The van der Waals surface area contributed by atoms with E-state index in [9.17, 15) is 21.6 Å². The van der Waals surface area contributed by atoms with E-state index in [0.29, 0.717) is 31.7 Å². The van der Waals surface area contributed by atoms with E-state index in [2.05, 4.69) is 9.44 Å². The van der Waals surface area contributed by atoms with E-state index >= 15 is 0 Å². The summed E-state index contributed by atoms with van der Waals surface area (Å²) in [6.45, 7) is 2.15. The number of amides is 1. The summed E-state index contributed by atoms with van der Waals surface area (Å²) in [5.74, 6) is 0.172. The molecule has 9 nitrogen and oxygen atoms in total. The Bertz CT molecular complexity index is 1130. The highest BCUT2D eigenvalue weighted by Crippen LogP contribution is 2.18. The quantitative estimate of drug-likeness (QED) is 0.587. The third kappa shape index (κ3) is 5.85. The van der Waals surface area contributed by atoms with Crippen LogP contribution in [0.1, 0.15) is 19.8 Å². The number of nitrogens with zero attached hydrogens (tertiary/aromatic N) is 1. The van der Waals surface area contributed by atoms with Gasteiger partial charge in [-0.25, -0.2) is 21.6 Å². The molecule has 11 heteroatoms. The van der Waals surface area contributed by atoms with Gasteiger partial charge in [-0.3, -0.25) is 4.79 Å². The van der Waals surface area contributed by atoms with Gasteiger partial charge in [0.2, 0.25) is 26.0 Å². The van der Waals surface area contributed by atoms with Crippen molar-refractivity contribution in [3.05, 3.63) is 54.6 Å². The summed E-state index contributed by atoms with van der Waals surface area (Å²) in [6.07, 6.45) is 0.880. The average molecular weight is 482 g/mol.